The highest BCUT2D eigenvalue weighted by Gasteiger charge is 1.99. The van der Waals surface area contributed by atoms with Crippen LogP contribution >= 0.6 is 0 Å². The largest absolute Gasteiger partial charge is 0.278 e. The van der Waals surface area contributed by atoms with Gasteiger partial charge in [-0.15, -0.1) is 0 Å². The lowest BCUT2D eigenvalue weighted by atomic mass is 10.0. The van der Waals surface area contributed by atoms with Gasteiger partial charge in [-0.05, 0) is 73.7 Å². The Morgan fingerprint density at radius 2 is 1.63 bits per heavy atom. The van der Waals surface area contributed by atoms with Gasteiger partial charge in [0.25, 0.3) is 0 Å². The van der Waals surface area contributed by atoms with Crippen LogP contribution in [0.5, 0.6) is 0 Å². The fourth-order valence-electron chi connectivity index (χ4n) is 2.01. The zero-order valence-electron chi connectivity index (χ0n) is 12.0. The van der Waals surface area contributed by atoms with Crippen molar-refractivity contribution < 1.29 is 0 Å². The summed E-state index contributed by atoms with van der Waals surface area (Å²) in [4.78, 5) is 0. The van der Waals surface area contributed by atoms with Crippen molar-refractivity contribution in [3.05, 3.63) is 64.2 Å². The second-order valence-electron chi connectivity index (χ2n) is 5.03. The monoisotopic (exact) mass is 252 g/mol. The van der Waals surface area contributed by atoms with Crippen LogP contribution in [0, 0.1) is 27.7 Å². The molecule has 0 saturated carbocycles. The molecule has 19 heavy (non-hydrogen) atoms. The Morgan fingerprint density at radius 3 is 2.37 bits per heavy atom. The molecular formula is C17H20N2. The van der Waals surface area contributed by atoms with E-state index in [2.05, 4.69) is 62.5 Å². The molecule has 2 nitrogen and oxygen atoms in total. The molecule has 0 saturated heterocycles. The van der Waals surface area contributed by atoms with Crippen LogP contribution in [0.3, 0.4) is 0 Å². The maximum atomic E-state index is 4.31. The quantitative estimate of drug-likeness (QED) is 0.636. The van der Waals surface area contributed by atoms with Gasteiger partial charge in [-0.1, -0.05) is 18.2 Å². The van der Waals surface area contributed by atoms with Gasteiger partial charge >= 0.3 is 0 Å². The molecule has 0 amide bonds. The van der Waals surface area contributed by atoms with Gasteiger partial charge in [0.1, 0.15) is 0 Å². The van der Waals surface area contributed by atoms with Crippen molar-refractivity contribution in [3.63, 3.8) is 0 Å². The maximum absolute atomic E-state index is 4.31. The molecule has 0 heterocycles. The molecule has 0 aliphatic heterocycles. The zero-order valence-corrected chi connectivity index (χ0v) is 12.0. The summed E-state index contributed by atoms with van der Waals surface area (Å²) < 4.78 is 0. The first-order valence-electron chi connectivity index (χ1n) is 6.50. The Hall–Kier alpha value is -2.09. The summed E-state index contributed by atoms with van der Waals surface area (Å²) in [7, 11) is 0. The summed E-state index contributed by atoms with van der Waals surface area (Å²) in [5.74, 6) is 0. The molecule has 0 unspecified atom stereocenters. The van der Waals surface area contributed by atoms with E-state index in [1.165, 1.54) is 22.3 Å². The van der Waals surface area contributed by atoms with E-state index in [-0.39, 0.29) is 0 Å². The second-order valence-corrected chi connectivity index (χ2v) is 5.03. The predicted octanol–water partition coefficient (Wildman–Crippen LogP) is 4.37. The lowest BCUT2D eigenvalue weighted by Gasteiger charge is -2.06. The molecule has 98 valence electrons. The van der Waals surface area contributed by atoms with Gasteiger partial charge in [0.05, 0.1) is 11.9 Å². The van der Waals surface area contributed by atoms with Crippen LogP contribution in [-0.4, -0.2) is 6.21 Å². The molecule has 0 radical (unpaired) electrons. The highest BCUT2D eigenvalue weighted by atomic mass is 15.3. The Balaban J connectivity index is 2.13. The first-order valence-corrected chi connectivity index (χ1v) is 6.50. The molecule has 1 N–H and O–H groups in total. The number of hydrogen-bond donors (Lipinski definition) is 1. The van der Waals surface area contributed by atoms with Crippen LogP contribution in [0.25, 0.3) is 0 Å². The third kappa shape index (κ3) is 3.44. The van der Waals surface area contributed by atoms with E-state index >= 15 is 0 Å². The standard InChI is InChI=1S/C17H20N2/c1-12-6-5-7-17(8-12)19-18-11-16-10-14(3)13(2)9-15(16)4/h5-11,19H,1-4H3/b18-11-. The van der Waals surface area contributed by atoms with Crippen LogP contribution in [0.2, 0.25) is 0 Å². The van der Waals surface area contributed by atoms with Crippen LogP contribution in [-0.2, 0) is 0 Å². The molecule has 2 aromatic carbocycles. The van der Waals surface area contributed by atoms with E-state index in [1.54, 1.807) is 0 Å². The van der Waals surface area contributed by atoms with E-state index in [0.29, 0.717) is 0 Å². The van der Waals surface area contributed by atoms with Crippen molar-refractivity contribution in [3.8, 4) is 0 Å². The maximum Gasteiger partial charge on any atom is 0.0564 e. The van der Waals surface area contributed by atoms with E-state index in [9.17, 15) is 0 Å². The fraction of sp³-hybridized carbons (Fsp3) is 0.235. The van der Waals surface area contributed by atoms with Crippen LogP contribution in [0.4, 0.5) is 5.69 Å². The Labute approximate surface area is 115 Å². The predicted molar refractivity (Wildman–Crippen MR) is 83.0 cm³/mol. The van der Waals surface area contributed by atoms with Crippen LogP contribution in [0.15, 0.2) is 41.5 Å². The molecule has 2 rings (SSSR count). The highest BCUT2D eigenvalue weighted by Crippen LogP contribution is 2.14. The van der Waals surface area contributed by atoms with Gasteiger partial charge in [0.2, 0.25) is 0 Å². The molecular weight excluding hydrogens is 232 g/mol. The van der Waals surface area contributed by atoms with Gasteiger partial charge in [0.15, 0.2) is 0 Å². The van der Waals surface area contributed by atoms with E-state index < -0.39 is 0 Å². The number of hydrogen-bond acceptors (Lipinski definition) is 2. The van der Waals surface area contributed by atoms with E-state index in [0.717, 1.165) is 11.3 Å². The SMILES string of the molecule is Cc1cccc(N/N=C\c2cc(C)c(C)cc2C)c1. The normalized spacial score (nSPS) is 10.9. The number of rotatable bonds is 3. The lowest BCUT2D eigenvalue weighted by Crippen LogP contribution is -1.95. The van der Waals surface area contributed by atoms with Crippen molar-refractivity contribution in [1.29, 1.82) is 0 Å². The Kier molecular flexibility index (Phi) is 4.00. The molecule has 0 fully saturated rings. The summed E-state index contributed by atoms with van der Waals surface area (Å²) in [5, 5.41) is 4.31. The molecule has 0 bridgehead atoms. The number of nitrogens with zero attached hydrogens (tertiary/aromatic N) is 1. The van der Waals surface area contributed by atoms with Crippen molar-refractivity contribution in [2.45, 2.75) is 27.7 Å². The number of anilines is 1. The smallest absolute Gasteiger partial charge is 0.0564 e. The van der Waals surface area contributed by atoms with Gasteiger partial charge in [0, 0.05) is 0 Å². The van der Waals surface area contributed by atoms with Gasteiger partial charge in [-0.2, -0.15) is 5.10 Å². The molecule has 0 spiro atoms. The number of benzene rings is 2. The fourth-order valence-corrected chi connectivity index (χ4v) is 2.01. The first-order chi connectivity index (χ1) is 9.06. The lowest BCUT2D eigenvalue weighted by molar-refractivity contribution is 1.28. The summed E-state index contributed by atoms with van der Waals surface area (Å²) in [6.07, 6.45) is 1.88. The van der Waals surface area contributed by atoms with E-state index in [4.69, 9.17) is 0 Å². The highest BCUT2D eigenvalue weighted by molar-refractivity contribution is 5.82. The van der Waals surface area contributed by atoms with Gasteiger partial charge in [-0.3, -0.25) is 5.43 Å². The Bertz CT molecular complexity index is 613. The number of nitrogens with one attached hydrogen (secondary N) is 1. The number of aryl methyl sites for hydroxylation is 4. The van der Waals surface area contributed by atoms with Crippen molar-refractivity contribution in [2.24, 2.45) is 5.10 Å². The first kappa shape index (κ1) is 13.3. The van der Waals surface area contributed by atoms with Crippen molar-refractivity contribution >= 4 is 11.9 Å². The molecule has 2 aromatic rings. The third-order valence-corrected chi connectivity index (χ3v) is 3.30. The summed E-state index contributed by atoms with van der Waals surface area (Å²) >= 11 is 0. The minimum absolute atomic E-state index is 1.01. The molecule has 0 aliphatic rings. The van der Waals surface area contributed by atoms with Gasteiger partial charge < -0.3 is 0 Å². The summed E-state index contributed by atoms with van der Waals surface area (Å²) in [5.41, 5.74) is 10.3. The zero-order chi connectivity index (χ0) is 13.8. The number of hydrazone groups is 1. The Morgan fingerprint density at radius 1 is 0.895 bits per heavy atom. The second kappa shape index (κ2) is 5.70. The van der Waals surface area contributed by atoms with E-state index in [1.807, 2.05) is 18.3 Å². The average Bonchev–Trinajstić information content (AvgIpc) is 2.35. The molecule has 0 atom stereocenters. The molecule has 0 aromatic heterocycles. The molecule has 0 aliphatic carbocycles. The summed E-state index contributed by atoms with van der Waals surface area (Å²) in [6, 6.07) is 12.6. The van der Waals surface area contributed by atoms with Crippen LogP contribution < -0.4 is 5.43 Å². The van der Waals surface area contributed by atoms with Gasteiger partial charge in [-0.25, -0.2) is 0 Å². The minimum Gasteiger partial charge on any atom is -0.278 e. The summed E-state index contributed by atoms with van der Waals surface area (Å²) in [6.45, 7) is 8.44. The van der Waals surface area contributed by atoms with Crippen molar-refractivity contribution in [2.75, 3.05) is 5.43 Å². The van der Waals surface area contributed by atoms with Crippen LogP contribution in [0.1, 0.15) is 27.8 Å². The third-order valence-electron chi connectivity index (χ3n) is 3.30. The van der Waals surface area contributed by atoms with Crippen molar-refractivity contribution in [1.82, 2.24) is 0 Å². The average molecular weight is 252 g/mol. The minimum atomic E-state index is 1.01. The topological polar surface area (TPSA) is 24.4 Å². The molecule has 2 heteroatoms.